The molecule has 2 heterocycles. The zero-order valence-corrected chi connectivity index (χ0v) is 12.4. The van der Waals surface area contributed by atoms with Crippen LogP contribution in [0, 0.1) is 5.82 Å². The second-order valence-corrected chi connectivity index (χ2v) is 5.67. The van der Waals surface area contributed by atoms with E-state index in [1.807, 2.05) is 30.3 Å². The maximum Gasteiger partial charge on any atom is 0.129 e. The van der Waals surface area contributed by atoms with E-state index in [1.54, 1.807) is 18.3 Å². The molecule has 2 nitrogen and oxygen atoms in total. The summed E-state index contributed by atoms with van der Waals surface area (Å²) in [5.41, 5.74) is 3.57. The van der Waals surface area contributed by atoms with Crippen LogP contribution in [-0.4, -0.2) is 9.97 Å². The van der Waals surface area contributed by atoms with Crippen LogP contribution < -0.4 is 0 Å². The fraction of sp³-hybridized carbons (Fsp3) is 0.0556. The van der Waals surface area contributed by atoms with E-state index in [0.29, 0.717) is 17.1 Å². The smallest absolute Gasteiger partial charge is 0.129 e. The monoisotopic (exact) mass is 310 g/mol. The van der Waals surface area contributed by atoms with Gasteiger partial charge in [0.1, 0.15) is 11.0 Å². The Hall–Kier alpha value is -2.39. The number of aromatic nitrogens is 2. The zero-order valence-electron chi connectivity index (χ0n) is 11.6. The van der Waals surface area contributed by atoms with Crippen molar-refractivity contribution >= 4 is 33.4 Å². The summed E-state index contributed by atoms with van der Waals surface area (Å²) in [6.07, 6.45) is 2.17. The molecule has 2 aromatic heterocycles. The van der Waals surface area contributed by atoms with Gasteiger partial charge in [-0.05, 0) is 29.8 Å². The Morgan fingerprint density at radius 2 is 1.86 bits per heavy atom. The number of hydrogen-bond donors (Lipinski definition) is 1. The van der Waals surface area contributed by atoms with Gasteiger partial charge in [0.2, 0.25) is 0 Å². The quantitative estimate of drug-likeness (QED) is 0.513. The fourth-order valence-electron chi connectivity index (χ4n) is 2.88. The highest BCUT2D eigenvalue weighted by Gasteiger charge is 2.13. The number of nitrogens with one attached hydrogen (secondary N) is 1. The van der Waals surface area contributed by atoms with E-state index in [4.69, 9.17) is 11.6 Å². The van der Waals surface area contributed by atoms with Gasteiger partial charge in [0.15, 0.2) is 0 Å². The summed E-state index contributed by atoms with van der Waals surface area (Å²) >= 11 is 5.81. The predicted octanol–water partition coefficient (Wildman–Crippen LogP) is 5.10. The summed E-state index contributed by atoms with van der Waals surface area (Å²) in [6, 6.07) is 14.8. The topological polar surface area (TPSA) is 28.7 Å². The molecule has 0 radical (unpaired) electrons. The van der Waals surface area contributed by atoms with E-state index >= 15 is 0 Å². The van der Waals surface area contributed by atoms with Gasteiger partial charge in [0.05, 0.1) is 0 Å². The minimum absolute atomic E-state index is 0.202. The maximum absolute atomic E-state index is 14.4. The summed E-state index contributed by atoms with van der Waals surface area (Å²) < 4.78 is 14.4. The normalized spacial score (nSPS) is 11.4. The average molecular weight is 311 g/mol. The van der Waals surface area contributed by atoms with Crippen LogP contribution in [0.4, 0.5) is 4.39 Å². The number of nitrogens with zero attached hydrogens (tertiary/aromatic N) is 1. The van der Waals surface area contributed by atoms with Crippen LogP contribution in [0.3, 0.4) is 0 Å². The van der Waals surface area contributed by atoms with Crippen LogP contribution in [0.15, 0.2) is 54.7 Å². The molecule has 1 N–H and O–H groups in total. The SMILES string of the molecule is Fc1ccc2[nH]c3ccccc3c2c1Cc1ccc(Cl)nc1. The predicted molar refractivity (Wildman–Crippen MR) is 87.8 cm³/mol. The first kappa shape index (κ1) is 13.3. The molecule has 0 bridgehead atoms. The van der Waals surface area contributed by atoms with Gasteiger partial charge in [-0.2, -0.15) is 0 Å². The summed E-state index contributed by atoms with van der Waals surface area (Å²) in [5, 5.41) is 2.41. The molecule has 0 aliphatic rings. The third kappa shape index (κ3) is 2.14. The van der Waals surface area contributed by atoms with Crippen molar-refractivity contribution in [1.82, 2.24) is 9.97 Å². The van der Waals surface area contributed by atoms with Crippen LogP contribution in [0.25, 0.3) is 21.8 Å². The summed E-state index contributed by atoms with van der Waals surface area (Å²) in [7, 11) is 0. The van der Waals surface area contributed by atoms with Gasteiger partial charge in [-0.1, -0.05) is 35.9 Å². The molecule has 0 saturated heterocycles. The van der Waals surface area contributed by atoms with Crippen molar-refractivity contribution in [3.05, 3.63) is 76.8 Å². The van der Waals surface area contributed by atoms with Crippen LogP contribution >= 0.6 is 11.6 Å². The van der Waals surface area contributed by atoms with Crippen molar-refractivity contribution in [2.75, 3.05) is 0 Å². The van der Waals surface area contributed by atoms with Crippen LogP contribution in [-0.2, 0) is 6.42 Å². The number of para-hydroxylation sites is 1. The number of H-pyrrole nitrogens is 1. The number of halogens is 2. The molecule has 108 valence electrons. The molecule has 4 heteroatoms. The Bertz CT molecular complexity index is 974. The molecular weight excluding hydrogens is 299 g/mol. The molecule has 4 rings (SSSR count). The van der Waals surface area contributed by atoms with Crippen molar-refractivity contribution in [1.29, 1.82) is 0 Å². The van der Waals surface area contributed by atoms with Crippen molar-refractivity contribution < 1.29 is 4.39 Å². The number of hydrogen-bond acceptors (Lipinski definition) is 1. The third-order valence-electron chi connectivity index (χ3n) is 3.89. The maximum atomic E-state index is 14.4. The van der Waals surface area contributed by atoms with Crippen molar-refractivity contribution in [3.8, 4) is 0 Å². The lowest BCUT2D eigenvalue weighted by molar-refractivity contribution is 0.617. The lowest BCUT2D eigenvalue weighted by Crippen LogP contribution is -1.94. The molecule has 4 aromatic rings. The first-order valence-corrected chi connectivity index (χ1v) is 7.38. The Morgan fingerprint density at radius 1 is 1.00 bits per heavy atom. The molecule has 0 atom stereocenters. The van der Waals surface area contributed by atoms with E-state index in [0.717, 1.165) is 27.4 Å². The summed E-state index contributed by atoms with van der Waals surface area (Å²) in [4.78, 5) is 7.41. The molecule has 2 aromatic carbocycles. The molecule has 0 aliphatic carbocycles. The second kappa shape index (κ2) is 5.11. The Kier molecular flexibility index (Phi) is 3.09. The van der Waals surface area contributed by atoms with E-state index in [9.17, 15) is 4.39 Å². The molecule has 0 aliphatic heterocycles. The van der Waals surface area contributed by atoms with Gasteiger partial charge < -0.3 is 4.98 Å². The van der Waals surface area contributed by atoms with Gasteiger partial charge in [0.25, 0.3) is 0 Å². The van der Waals surface area contributed by atoms with E-state index in [1.165, 1.54) is 6.07 Å². The van der Waals surface area contributed by atoms with Crippen LogP contribution in [0.2, 0.25) is 5.15 Å². The zero-order chi connectivity index (χ0) is 15.1. The number of aromatic amines is 1. The molecule has 22 heavy (non-hydrogen) atoms. The van der Waals surface area contributed by atoms with Crippen molar-refractivity contribution in [3.63, 3.8) is 0 Å². The van der Waals surface area contributed by atoms with Gasteiger partial charge in [-0.25, -0.2) is 9.37 Å². The fourth-order valence-corrected chi connectivity index (χ4v) is 2.99. The Morgan fingerprint density at radius 3 is 2.68 bits per heavy atom. The molecule has 0 unspecified atom stereocenters. The highest BCUT2D eigenvalue weighted by atomic mass is 35.5. The van der Waals surface area contributed by atoms with Crippen molar-refractivity contribution in [2.24, 2.45) is 0 Å². The Labute approximate surface area is 131 Å². The second-order valence-electron chi connectivity index (χ2n) is 5.29. The number of benzene rings is 2. The highest BCUT2D eigenvalue weighted by Crippen LogP contribution is 2.31. The first-order chi connectivity index (χ1) is 10.7. The van der Waals surface area contributed by atoms with Gasteiger partial charge in [0, 0.05) is 40.0 Å². The molecule has 0 fully saturated rings. The van der Waals surface area contributed by atoms with Gasteiger partial charge >= 0.3 is 0 Å². The number of pyridine rings is 1. The molecule has 0 spiro atoms. The van der Waals surface area contributed by atoms with Crippen LogP contribution in [0.5, 0.6) is 0 Å². The van der Waals surface area contributed by atoms with E-state index in [-0.39, 0.29) is 5.82 Å². The van der Waals surface area contributed by atoms with Gasteiger partial charge in [-0.3, -0.25) is 0 Å². The number of fused-ring (bicyclic) bond motifs is 3. The highest BCUT2D eigenvalue weighted by molar-refractivity contribution is 6.29. The van der Waals surface area contributed by atoms with E-state index < -0.39 is 0 Å². The average Bonchev–Trinajstić information content (AvgIpc) is 2.91. The standard InChI is InChI=1S/C18H12ClFN2/c19-17-8-5-11(10-21-17)9-13-14(20)6-7-16-18(13)12-3-1-2-4-15(12)22-16/h1-8,10,22H,9H2. The molecule has 0 saturated carbocycles. The minimum Gasteiger partial charge on any atom is -0.354 e. The lowest BCUT2D eigenvalue weighted by atomic mass is 10.00. The van der Waals surface area contributed by atoms with Gasteiger partial charge in [-0.15, -0.1) is 0 Å². The summed E-state index contributed by atoms with van der Waals surface area (Å²) in [6.45, 7) is 0. The number of rotatable bonds is 2. The minimum atomic E-state index is -0.202. The van der Waals surface area contributed by atoms with E-state index in [2.05, 4.69) is 9.97 Å². The lowest BCUT2D eigenvalue weighted by Gasteiger charge is -2.06. The third-order valence-corrected chi connectivity index (χ3v) is 4.11. The summed E-state index contributed by atoms with van der Waals surface area (Å²) in [5.74, 6) is -0.202. The van der Waals surface area contributed by atoms with Crippen LogP contribution in [0.1, 0.15) is 11.1 Å². The Balaban J connectivity index is 1.95. The first-order valence-electron chi connectivity index (χ1n) is 7.00. The molecular formula is C18H12ClFN2. The largest absolute Gasteiger partial charge is 0.354 e. The van der Waals surface area contributed by atoms with Crippen molar-refractivity contribution in [2.45, 2.75) is 6.42 Å². The molecule has 0 amide bonds.